The van der Waals surface area contributed by atoms with Crippen LogP contribution in [0.15, 0.2) is 103 Å². The average Bonchev–Trinajstić information content (AvgIpc) is 3.56. The van der Waals surface area contributed by atoms with Gasteiger partial charge in [-0.2, -0.15) is 0 Å². The van der Waals surface area contributed by atoms with E-state index in [0.717, 1.165) is 60.5 Å². The zero-order chi connectivity index (χ0) is 33.5. The number of aromatic nitrogens is 5. The summed E-state index contributed by atoms with van der Waals surface area (Å²) in [5, 5.41) is 3.57. The molecule has 0 saturated carbocycles. The smallest absolute Gasteiger partial charge is 0.163 e. The number of fused-ring (bicyclic) bond motifs is 6. The molecule has 5 nitrogen and oxygen atoms in total. The number of benzene rings is 5. The molecule has 7 heteroatoms. The summed E-state index contributed by atoms with van der Waals surface area (Å²) in [7, 11) is 0. The van der Waals surface area contributed by atoms with E-state index >= 15 is 0 Å². The monoisotopic (exact) mass is 635 g/mol. The molecule has 0 atom stereocenters. The van der Waals surface area contributed by atoms with E-state index in [9.17, 15) is 8.78 Å². The van der Waals surface area contributed by atoms with Crippen molar-refractivity contribution in [2.45, 2.75) is 52.4 Å². The molecule has 0 aliphatic carbocycles. The molecule has 8 aromatic rings. The van der Waals surface area contributed by atoms with Gasteiger partial charge in [0.15, 0.2) is 5.82 Å². The summed E-state index contributed by atoms with van der Waals surface area (Å²) in [6.07, 6.45) is 0. The summed E-state index contributed by atoms with van der Waals surface area (Å²) in [6, 6.07) is 32.3. The fraction of sp³-hybridized carbons (Fsp3) is 0.195. The Morgan fingerprint density at radius 2 is 0.875 bits per heavy atom. The maximum Gasteiger partial charge on any atom is 0.163 e. The highest BCUT2D eigenvalue weighted by molar-refractivity contribution is 6.10. The van der Waals surface area contributed by atoms with Crippen LogP contribution in [-0.4, -0.2) is 24.1 Å². The van der Waals surface area contributed by atoms with Crippen molar-refractivity contribution in [1.82, 2.24) is 24.1 Å². The molecule has 8 rings (SSSR count). The maximum absolute atomic E-state index is 14.6. The topological polar surface area (TPSA) is 48.5 Å². The first-order valence-corrected chi connectivity index (χ1v) is 16.2. The van der Waals surface area contributed by atoms with Gasteiger partial charge >= 0.3 is 0 Å². The molecule has 0 N–H and O–H groups in total. The molecule has 3 heterocycles. The first kappa shape index (κ1) is 29.9. The van der Waals surface area contributed by atoms with Gasteiger partial charge in [-0.25, -0.2) is 23.7 Å². The van der Waals surface area contributed by atoms with E-state index in [1.807, 2.05) is 48.5 Å². The second kappa shape index (κ2) is 10.5. The van der Waals surface area contributed by atoms with Crippen molar-refractivity contribution in [3.8, 4) is 22.8 Å². The number of nitrogens with zero attached hydrogens (tertiary/aromatic N) is 5. The van der Waals surface area contributed by atoms with Gasteiger partial charge < -0.3 is 9.13 Å². The Labute approximate surface area is 277 Å². The lowest BCUT2D eigenvalue weighted by Gasteiger charge is -2.23. The Bertz CT molecular complexity index is 2390. The highest BCUT2D eigenvalue weighted by atomic mass is 19.1. The number of para-hydroxylation sites is 2. The molecule has 0 saturated heterocycles. The molecule has 0 unspecified atom stereocenters. The van der Waals surface area contributed by atoms with Gasteiger partial charge in [-0.1, -0.05) is 77.9 Å². The molecular formula is C41H35F2N5. The number of rotatable bonds is 3. The zero-order valence-corrected chi connectivity index (χ0v) is 27.8. The molecule has 0 spiro atoms. The van der Waals surface area contributed by atoms with Crippen molar-refractivity contribution < 1.29 is 8.78 Å². The van der Waals surface area contributed by atoms with E-state index in [4.69, 9.17) is 15.0 Å². The van der Waals surface area contributed by atoms with Gasteiger partial charge in [0.1, 0.15) is 23.3 Å². The Kier molecular flexibility index (Phi) is 6.57. The molecule has 48 heavy (non-hydrogen) atoms. The Morgan fingerprint density at radius 3 is 1.31 bits per heavy atom. The first-order valence-electron chi connectivity index (χ1n) is 16.2. The second-order valence-corrected chi connectivity index (χ2v) is 14.6. The van der Waals surface area contributed by atoms with Crippen LogP contribution in [0.4, 0.5) is 8.78 Å². The standard InChI is InChI=1S/C41H35F2N5/c1-40(2,3)38-44-37(45-39(46-38)41(4,5)6)24-19-27(47-33-13-9-7-11-29(33)31-21-25(42)15-17-35(31)47)23-28(20-24)48-34-14-10-8-12-30(34)32-22-26(43)16-18-36(32)48/h7-23H,1-6H3. The lowest BCUT2D eigenvalue weighted by molar-refractivity contribution is 0.497. The molecular weight excluding hydrogens is 600 g/mol. The van der Waals surface area contributed by atoms with Crippen LogP contribution in [-0.2, 0) is 10.8 Å². The summed E-state index contributed by atoms with van der Waals surface area (Å²) in [5.41, 5.74) is 5.57. The third-order valence-electron chi connectivity index (χ3n) is 8.92. The molecule has 3 aromatic heterocycles. The highest BCUT2D eigenvalue weighted by Gasteiger charge is 2.26. The molecule has 0 aliphatic heterocycles. The quantitative estimate of drug-likeness (QED) is 0.194. The zero-order valence-electron chi connectivity index (χ0n) is 27.8. The van der Waals surface area contributed by atoms with Crippen molar-refractivity contribution in [1.29, 1.82) is 0 Å². The van der Waals surface area contributed by atoms with E-state index in [0.29, 0.717) is 17.5 Å². The summed E-state index contributed by atoms with van der Waals surface area (Å²) < 4.78 is 33.6. The minimum absolute atomic E-state index is 0.285. The van der Waals surface area contributed by atoms with Crippen molar-refractivity contribution in [3.05, 3.63) is 126 Å². The summed E-state index contributed by atoms with van der Waals surface area (Å²) >= 11 is 0. The van der Waals surface area contributed by atoms with Crippen LogP contribution >= 0.6 is 0 Å². The van der Waals surface area contributed by atoms with E-state index in [1.165, 1.54) is 12.1 Å². The third kappa shape index (κ3) is 4.84. The van der Waals surface area contributed by atoms with E-state index < -0.39 is 0 Å². The van der Waals surface area contributed by atoms with Crippen LogP contribution in [0, 0.1) is 11.6 Å². The fourth-order valence-corrected chi connectivity index (χ4v) is 6.60. The molecule has 0 radical (unpaired) electrons. The SMILES string of the molecule is CC(C)(C)c1nc(-c2cc(-n3c4ccccc4c4cc(F)ccc43)cc(-n3c4ccccc4c4cc(F)ccc43)c2)nc(C(C)(C)C)n1. The Balaban J connectivity index is 1.51. The lowest BCUT2D eigenvalue weighted by Crippen LogP contribution is -2.24. The van der Waals surface area contributed by atoms with E-state index in [1.54, 1.807) is 12.1 Å². The minimum atomic E-state index is -0.314. The van der Waals surface area contributed by atoms with Gasteiger partial charge in [0, 0.05) is 49.3 Å². The van der Waals surface area contributed by atoms with Crippen molar-refractivity contribution in [3.63, 3.8) is 0 Å². The van der Waals surface area contributed by atoms with Gasteiger partial charge in [0.2, 0.25) is 0 Å². The molecule has 0 aliphatic rings. The van der Waals surface area contributed by atoms with Crippen molar-refractivity contribution >= 4 is 43.6 Å². The number of hydrogen-bond donors (Lipinski definition) is 0. The van der Waals surface area contributed by atoms with Crippen LogP contribution < -0.4 is 0 Å². The molecule has 0 fully saturated rings. The Morgan fingerprint density at radius 1 is 0.458 bits per heavy atom. The summed E-state index contributed by atoms with van der Waals surface area (Å²) in [6.45, 7) is 12.6. The predicted octanol–water partition coefficient (Wildman–Crippen LogP) is 10.6. The van der Waals surface area contributed by atoms with Crippen molar-refractivity contribution in [2.75, 3.05) is 0 Å². The van der Waals surface area contributed by atoms with Crippen LogP contribution in [0.5, 0.6) is 0 Å². The van der Waals surface area contributed by atoms with Gasteiger partial charge in [0.05, 0.1) is 22.1 Å². The van der Waals surface area contributed by atoms with Gasteiger partial charge in [-0.15, -0.1) is 0 Å². The van der Waals surface area contributed by atoms with E-state index in [-0.39, 0.29) is 22.5 Å². The predicted molar refractivity (Wildman–Crippen MR) is 191 cm³/mol. The van der Waals surface area contributed by atoms with Crippen LogP contribution in [0.1, 0.15) is 53.2 Å². The summed E-state index contributed by atoms with van der Waals surface area (Å²) in [4.78, 5) is 15.1. The van der Waals surface area contributed by atoms with Crippen LogP contribution in [0.3, 0.4) is 0 Å². The largest absolute Gasteiger partial charge is 0.309 e. The normalized spacial score (nSPS) is 12.6. The minimum Gasteiger partial charge on any atom is -0.309 e. The summed E-state index contributed by atoms with van der Waals surface area (Å²) in [5.74, 6) is 1.42. The molecule has 238 valence electrons. The third-order valence-corrected chi connectivity index (χ3v) is 8.92. The average molecular weight is 636 g/mol. The van der Waals surface area contributed by atoms with Crippen molar-refractivity contribution in [2.24, 2.45) is 0 Å². The number of hydrogen-bond acceptors (Lipinski definition) is 3. The van der Waals surface area contributed by atoms with Gasteiger partial charge in [0.25, 0.3) is 0 Å². The molecule has 0 bridgehead atoms. The van der Waals surface area contributed by atoms with Crippen LogP contribution in [0.2, 0.25) is 0 Å². The fourth-order valence-electron chi connectivity index (χ4n) is 6.60. The van der Waals surface area contributed by atoms with Crippen LogP contribution in [0.25, 0.3) is 66.4 Å². The Hall–Kier alpha value is -5.43. The molecule has 0 amide bonds. The molecule has 5 aromatic carbocycles. The maximum atomic E-state index is 14.6. The first-order chi connectivity index (χ1) is 22.9. The lowest BCUT2D eigenvalue weighted by atomic mass is 9.93. The second-order valence-electron chi connectivity index (χ2n) is 14.6. The van der Waals surface area contributed by atoms with Gasteiger partial charge in [-0.05, 0) is 66.7 Å². The highest BCUT2D eigenvalue weighted by Crippen LogP contribution is 2.38. The van der Waals surface area contributed by atoms with Gasteiger partial charge in [-0.3, -0.25) is 0 Å². The number of halogens is 2. The van der Waals surface area contributed by atoms with E-state index in [2.05, 4.69) is 81.0 Å².